The van der Waals surface area contributed by atoms with Gasteiger partial charge in [-0.1, -0.05) is 6.07 Å². The summed E-state index contributed by atoms with van der Waals surface area (Å²) in [5, 5.41) is 0. The molecular weight excluding hydrogens is 244 g/mol. The lowest BCUT2D eigenvalue weighted by atomic mass is 10.1. The quantitative estimate of drug-likeness (QED) is 0.770. The third kappa shape index (κ3) is 2.76. The molecule has 0 bridgehead atoms. The normalized spacial score (nSPS) is 10.3. The van der Waals surface area contributed by atoms with E-state index in [-0.39, 0.29) is 12.2 Å². The van der Waals surface area contributed by atoms with Crippen LogP contribution >= 0.6 is 0 Å². The smallest absolute Gasteiger partial charge is 0.202 e. The molecule has 1 heterocycles. The zero-order valence-electron chi connectivity index (χ0n) is 11.2. The van der Waals surface area contributed by atoms with E-state index in [1.54, 1.807) is 50.4 Å². The van der Waals surface area contributed by atoms with Crippen LogP contribution in [0.5, 0.6) is 11.5 Å². The van der Waals surface area contributed by atoms with Crippen molar-refractivity contribution in [3.8, 4) is 11.5 Å². The molecule has 19 heavy (non-hydrogen) atoms. The monoisotopic (exact) mass is 260 g/mol. The second-order valence-corrected chi connectivity index (χ2v) is 4.15. The zero-order valence-corrected chi connectivity index (χ0v) is 11.2. The largest absolute Gasteiger partial charge is 0.493 e. The Hall–Kier alpha value is -2.30. The van der Waals surface area contributed by atoms with Crippen molar-refractivity contribution in [2.24, 2.45) is 7.05 Å². The van der Waals surface area contributed by atoms with Crippen LogP contribution in [0, 0.1) is 0 Å². The number of carbonyl (C=O) groups is 1. The maximum atomic E-state index is 12.1. The fourth-order valence-electron chi connectivity index (χ4n) is 1.89. The van der Waals surface area contributed by atoms with Crippen LogP contribution in [0.2, 0.25) is 0 Å². The molecule has 5 nitrogen and oxygen atoms in total. The summed E-state index contributed by atoms with van der Waals surface area (Å²) in [4.78, 5) is 16.1. The Kier molecular flexibility index (Phi) is 3.85. The maximum absolute atomic E-state index is 12.1. The first-order valence-electron chi connectivity index (χ1n) is 5.87. The lowest BCUT2D eigenvalue weighted by molar-refractivity contribution is 0.0980. The summed E-state index contributed by atoms with van der Waals surface area (Å²) in [6.07, 6.45) is 3.65. The third-order valence-electron chi connectivity index (χ3n) is 2.88. The average Bonchev–Trinajstić information content (AvgIpc) is 2.85. The van der Waals surface area contributed by atoms with Gasteiger partial charge in [0.2, 0.25) is 5.78 Å². The van der Waals surface area contributed by atoms with Gasteiger partial charge in [0.1, 0.15) is 0 Å². The first kappa shape index (κ1) is 13.1. The second kappa shape index (κ2) is 5.56. The Morgan fingerprint density at radius 2 is 2.00 bits per heavy atom. The van der Waals surface area contributed by atoms with Crippen molar-refractivity contribution in [1.29, 1.82) is 0 Å². The molecule has 0 N–H and O–H groups in total. The van der Waals surface area contributed by atoms with Crippen LogP contribution in [0.3, 0.4) is 0 Å². The van der Waals surface area contributed by atoms with Gasteiger partial charge in [-0.15, -0.1) is 0 Å². The number of carbonyl (C=O) groups excluding carboxylic acids is 1. The molecule has 5 heteroatoms. The Morgan fingerprint density at radius 1 is 1.26 bits per heavy atom. The predicted molar refractivity (Wildman–Crippen MR) is 70.8 cm³/mol. The van der Waals surface area contributed by atoms with Crippen LogP contribution in [0.15, 0.2) is 30.6 Å². The lowest BCUT2D eigenvalue weighted by Gasteiger charge is -2.09. The van der Waals surface area contributed by atoms with Crippen molar-refractivity contribution in [2.45, 2.75) is 6.42 Å². The molecule has 0 radical (unpaired) electrons. The molecule has 0 amide bonds. The standard InChI is InChI=1S/C14H16N2O3/c1-16-7-6-15-14(16)11(17)8-10-4-5-12(18-2)13(9-10)19-3/h4-7,9H,8H2,1-3H3. The van der Waals surface area contributed by atoms with Crippen LogP contribution in [0.25, 0.3) is 0 Å². The van der Waals surface area contributed by atoms with E-state index in [4.69, 9.17) is 9.47 Å². The number of hydrogen-bond donors (Lipinski definition) is 0. The predicted octanol–water partition coefficient (Wildman–Crippen LogP) is 1.86. The van der Waals surface area contributed by atoms with Crippen molar-refractivity contribution in [3.63, 3.8) is 0 Å². The van der Waals surface area contributed by atoms with Crippen molar-refractivity contribution in [2.75, 3.05) is 14.2 Å². The van der Waals surface area contributed by atoms with Crippen LogP contribution in [0.1, 0.15) is 16.2 Å². The van der Waals surface area contributed by atoms with E-state index in [1.807, 2.05) is 6.07 Å². The van der Waals surface area contributed by atoms with Crippen molar-refractivity contribution < 1.29 is 14.3 Å². The molecule has 2 rings (SSSR count). The highest BCUT2D eigenvalue weighted by molar-refractivity contribution is 5.94. The van der Waals surface area contributed by atoms with Crippen LogP contribution in [0.4, 0.5) is 0 Å². The number of aryl methyl sites for hydroxylation is 1. The van der Waals surface area contributed by atoms with Gasteiger partial charge in [-0.2, -0.15) is 0 Å². The molecule has 0 spiro atoms. The number of Topliss-reactive ketones (excluding diaryl/α,β-unsaturated/α-hetero) is 1. The summed E-state index contributed by atoms with van der Waals surface area (Å²) >= 11 is 0. The fraction of sp³-hybridized carbons (Fsp3) is 0.286. The van der Waals surface area contributed by atoms with E-state index in [2.05, 4.69) is 4.98 Å². The Balaban J connectivity index is 2.20. The number of rotatable bonds is 5. The number of ketones is 1. The average molecular weight is 260 g/mol. The van der Waals surface area contributed by atoms with Crippen LogP contribution in [-0.2, 0) is 13.5 Å². The fourth-order valence-corrected chi connectivity index (χ4v) is 1.89. The summed E-state index contributed by atoms with van der Waals surface area (Å²) in [6, 6.07) is 5.45. The van der Waals surface area contributed by atoms with Gasteiger partial charge < -0.3 is 14.0 Å². The van der Waals surface area contributed by atoms with Gasteiger partial charge >= 0.3 is 0 Å². The van der Waals surface area contributed by atoms with E-state index in [0.29, 0.717) is 17.3 Å². The molecule has 0 aliphatic carbocycles. The van der Waals surface area contributed by atoms with E-state index in [0.717, 1.165) is 5.56 Å². The van der Waals surface area contributed by atoms with Crippen LogP contribution < -0.4 is 9.47 Å². The number of methoxy groups -OCH3 is 2. The number of ether oxygens (including phenoxy) is 2. The summed E-state index contributed by atoms with van der Waals surface area (Å²) in [6.45, 7) is 0. The minimum Gasteiger partial charge on any atom is -0.493 e. The number of imidazole rings is 1. The molecule has 2 aromatic rings. The van der Waals surface area contributed by atoms with Gasteiger partial charge in [-0.3, -0.25) is 4.79 Å². The Bertz CT molecular complexity index is 590. The lowest BCUT2D eigenvalue weighted by Crippen LogP contribution is -2.10. The topological polar surface area (TPSA) is 53.3 Å². The minimum absolute atomic E-state index is 0.0280. The molecule has 1 aromatic carbocycles. The first-order chi connectivity index (χ1) is 9.15. The summed E-state index contributed by atoms with van der Waals surface area (Å²) < 4.78 is 12.1. The SMILES string of the molecule is COc1ccc(CC(=O)c2nccn2C)cc1OC. The summed E-state index contributed by atoms with van der Waals surface area (Å²) in [5.74, 6) is 1.69. The van der Waals surface area contributed by atoms with Crippen LogP contribution in [-0.4, -0.2) is 29.6 Å². The number of aromatic nitrogens is 2. The van der Waals surface area contributed by atoms with Gasteiger partial charge in [-0.25, -0.2) is 4.98 Å². The van der Waals surface area contributed by atoms with Gasteiger partial charge in [0.05, 0.1) is 14.2 Å². The Morgan fingerprint density at radius 3 is 2.58 bits per heavy atom. The van der Waals surface area contributed by atoms with E-state index in [9.17, 15) is 4.79 Å². The van der Waals surface area contributed by atoms with E-state index in [1.165, 1.54) is 0 Å². The van der Waals surface area contributed by atoms with Gasteiger partial charge in [-0.05, 0) is 17.7 Å². The van der Waals surface area contributed by atoms with Crippen molar-refractivity contribution in [1.82, 2.24) is 9.55 Å². The third-order valence-corrected chi connectivity index (χ3v) is 2.88. The number of nitrogens with zero attached hydrogens (tertiary/aromatic N) is 2. The van der Waals surface area contributed by atoms with Gasteiger partial charge in [0, 0.05) is 25.9 Å². The maximum Gasteiger partial charge on any atom is 0.202 e. The van der Waals surface area contributed by atoms with E-state index < -0.39 is 0 Å². The van der Waals surface area contributed by atoms with Gasteiger partial charge in [0.15, 0.2) is 17.3 Å². The summed E-state index contributed by atoms with van der Waals surface area (Å²) in [7, 11) is 4.95. The number of hydrogen-bond acceptors (Lipinski definition) is 4. The molecule has 0 aliphatic heterocycles. The molecule has 0 saturated heterocycles. The molecule has 0 saturated carbocycles. The van der Waals surface area contributed by atoms with Gasteiger partial charge in [0.25, 0.3) is 0 Å². The minimum atomic E-state index is -0.0280. The highest BCUT2D eigenvalue weighted by Crippen LogP contribution is 2.27. The highest BCUT2D eigenvalue weighted by atomic mass is 16.5. The second-order valence-electron chi connectivity index (χ2n) is 4.15. The molecule has 0 atom stereocenters. The molecule has 100 valence electrons. The molecular formula is C14H16N2O3. The zero-order chi connectivity index (χ0) is 13.8. The van der Waals surface area contributed by atoms with Crippen molar-refractivity contribution in [3.05, 3.63) is 42.0 Å². The van der Waals surface area contributed by atoms with E-state index >= 15 is 0 Å². The molecule has 1 aromatic heterocycles. The molecule has 0 unspecified atom stereocenters. The number of benzene rings is 1. The molecule has 0 fully saturated rings. The van der Waals surface area contributed by atoms with Crippen molar-refractivity contribution >= 4 is 5.78 Å². The first-order valence-corrected chi connectivity index (χ1v) is 5.87. The summed E-state index contributed by atoms with van der Waals surface area (Å²) in [5.41, 5.74) is 0.866. The highest BCUT2D eigenvalue weighted by Gasteiger charge is 2.13. The Labute approximate surface area is 111 Å². The molecule has 0 aliphatic rings.